The highest BCUT2D eigenvalue weighted by Crippen LogP contribution is 2.28. The fourth-order valence-electron chi connectivity index (χ4n) is 4.05. The number of para-hydroxylation sites is 1. The first-order valence-corrected chi connectivity index (χ1v) is 10.2. The van der Waals surface area contributed by atoms with Gasteiger partial charge in [0.15, 0.2) is 0 Å². The van der Waals surface area contributed by atoms with Gasteiger partial charge >= 0.3 is 0 Å². The number of benzene rings is 1. The normalized spacial score (nSPS) is 19.6. The summed E-state index contributed by atoms with van der Waals surface area (Å²) in [6, 6.07) is 12.8. The molecule has 0 amide bonds. The molecule has 3 aromatic rings. The Morgan fingerprint density at radius 3 is 2.61 bits per heavy atom. The van der Waals surface area contributed by atoms with Gasteiger partial charge in [-0.25, -0.2) is 4.98 Å². The Morgan fingerprint density at radius 1 is 1.04 bits per heavy atom. The van der Waals surface area contributed by atoms with Gasteiger partial charge in [0.2, 0.25) is 5.95 Å². The predicted molar refractivity (Wildman–Crippen MR) is 116 cm³/mol. The topological polar surface area (TPSA) is 68.9 Å². The van der Waals surface area contributed by atoms with Crippen molar-refractivity contribution in [3.63, 3.8) is 0 Å². The van der Waals surface area contributed by atoms with E-state index in [-0.39, 0.29) is 0 Å². The number of aromatic amines is 1. The van der Waals surface area contributed by atoms with E-state index in [2.05, 4.69) is 38.7 Å². The fourth-order valence-corrected chi connectivity index (χ4v) is 4.05. The Morgan fingerprint density at radius 2 is 1.86 bits per heavy atom. The lowest BCUT2D eigenvalue weighted by molar-refractivity contribution is 0.323. The number of fused-ring (bicyclic) bond motifs is 1. The van der Waals surface area contributed by atoms with Crippen LogP contribution in [0.1, 0.15) is 31.4 Å². The van der Waals surface area contributed by atoms with Gasteiger partial charge in [0.25, 0.3) is 0 Å². The van der Waals surface area contributed by atoms with Gasteiger partial charge in [-0.05, 0) is 62.4 Å². The molecule has 1 aliphatic carbocycles. The maximum absolute atomic E-state index is 4.78. The minimum Gasteiger partial charge on any atom is -0.364 e. The van der Waals surface area contributed by atoms with Crippen LogP contribution in [-0.2, 0) is 6.54 Å². The van der Waals surface area contributed by atoms with Gasteiger partial charge in [0.1, 0.15) is 5.82 Å². The Labute approximate surface area is 166 Å². The van der Waals surface area contributed by atoms with Crippen LogP contribution < -0.4 is 15.5 Å². The van der Waals surface area contributed by atoms with Crippen LogP contribution in [0, 0.1) is 5.92 Å². The standard InChI is InChI=1S/C22H30N6/c1-28(2)21-19-7-3-4-8-20(19)26-22(27-21)25-17-11-9-16(10-12-17)14-23-15-18-6-5-13-24-18/h3-8,13,16-17,23-24H,9-12,14-15H2,1-2H3,(H,25,26,27)/t16-,17+. The number of anilines is 2. The molecule has 1 aliphatic rings. The number of H-pyrrole nitrogens is 1. The molecule has 0 unspecified atom stereocenters. The molecule has 2 heterocycles. The summed E-state index contributed by atoms with van der Waals surface area (Å²) in [7, 11) is 4.06. The van der Waals surface area contributed by atoms with Gasteiger partial charge in [0, 0.05) is 44.0 Å². The van der Waals surface area contributed by atoms with Crippen LogP contribution in [0.5, 0.6) is 0 Å². The zero-order valence-electron chi connectivity index (χ0n) is 16.8. The number of nitrogens with zero attached hydrogens (tertiary/aromatic N) is 3. The monoisotopic (exact) mass is 378 g/mol. The highest BCUT2D eigenvalue weighted by molar-refractivity contribution is 5.90. The van der Waals surface area contributed by atoms with Gasteiger partial charge in [-0.2, -0.15) is 4.98 Å². The molecule has 3 N–H and O–H groups in total. The molecule has 1 fully saturated rings. The average molecular weight is 379 g/mol. The quantitative estimate of drug-likeness (QED) is 0.584. The number of hydrogen-bond acceptors (Lipinski definition) is 5. The summed E-state index contributed by atoms with van der Waals surface area (Å²) in [6.45, 7) is 2.01. The average Bonchev–Trinajstić information content (AvgIpc) is 3.22. The van der Waals surface area contributed by atoms with E-state index < -0.39 is 0 Å². The minimum absolute atomic E-state index is 0.454. The summed E-state index contributed by atoms with van der Waals surface area (Å²) in [6.07, 6.45) is 6.79. The molecule has 148 valence electrons. The van der Waals surface area contributed by atoms with Crippen LogP contribution in [0.2, 0.25) is 0 Å². The zero-order valence-corrected chi connectivity index (χ0v) is 16.8. The SMILES string of the molecule is CN(C)c1nc(N[C@H]2CC[C@@H](CNCc3ccc[nH]3)CC2)nc2ccccc12. The van der Waals surface area contributed by atoms with E-state index >= 15 is 0 Å². The third kappa shape index (κ3) is 4.44. The van der Waals surface area contributed by atoms with Gasteiger partial charge in [-0.3, -0.25) is 0 Å². The molecule has 1 aromatic carbocycles. The number of nitrogens with one attached hydrogen (secondary N) is 3. The van der Waals surface area contributed by atoms with E-state index in [0.29, 0.717) is 6.04 Å². The number of hydrogen-bond donors (Lipinski definition) is 3. The summed E-state index contributed by atoms with van der Waals surface area (Å²) in [4.78, 5) is 14.8. The lowest BCUT2D eigenvalue weighted by Gasteiger charge is -2.29. The Hall–Kier alpha value is -2.60. The van der Waals surface area contributed by atoms with Gasteiger partial charge in [-0.15, -0.1) is 0 Å². The summed E-state index contributed by atoms with van der Waals surface area (Å²) >= 11 is 0. The lowest BCUT2D eigenvalue weighted by atomic mass is 9.86. The van der Waals surface area contributed by atoms with Crippen LogP contribution in [0.3, 0.4) is 0 Å². The van der Waals surface area contributed by atoms with Gasteiger partial charge in [0.05, 0.1) is 5.52 Å². The number of rotatable bonds is 7. The van der Waals surface area contributed by atoms with E-state index in [1.54, 1.807) is 0 Å². The third-order valence-corrected chi connectivity index (χ3v) is 5.60. The van der Waals surface area contributed by atoms with Crippen molar-refractivity contribution in [1.82, 2.24) is 20.3 Å². The van der Waals surface area contributed by atoms with Crippen molar-refractivity contribution in [3.8, 4) is 0 Å². The molecule has 28 heavy (non-hydrogen) atoms. The molecule has 4 rings (SSSR count). The molecular weight excluding hydrogens is 348 g/mol. The molecule has 0 spiro atoms. The lowest BCUT2D eigenvalue weighted by Crippen LogP contribution is -2.31. The molecular formula is C22H30N6. The van der Waals surface area contributed by atoms with E-state index in [1.807, 2.05) is 38.5 Å². The van der Waals surface area contributed by atoms with Crippen LogP contribution in [0.25, 0.3) is 10.9 Å². The third-order valence-electron chi connectivity index (χ3n) is 5.60. The van der Waals surface area contributed by atoms with Crippen molar-refractivity contribution < 1.29 is 0 Å². The van der Waals surface area contributed by atoms with Gasteiger partial charge in [-0.1, -0.05) is 12.1 Å². The Kier molecular flexibility index (Phi) is 5.76. The zero-order chi connectivity index (χ0) is 19.3. The van der Waals surface area contributed by atoms with E-state index in [1.165, 1.54) is 31.4 Å². The summed E-state index contributed by atoms with van der Waals surface area (Å²) < 4.78 is 0. The van der Waals surface area contributed by atoms with Crippen molar-refractivity contribution in [2.75, 3.05) is 30.9 Å². The number of aromatic nitrogens is 3. The second kappa shape index (κ2) is 8.61. The fraction of sp³-hybridized carbons (Fsp3) is 0.455. The Bertz CT molecular complexity index is 881. The van der Waals surface area contributed by atoms with Crippen molar-refractivity contribution in [1.29, 1.82) is 0 Å². The van der Waals surface area contributed by atoms with Crippen molar-refractivity contribution in [2.45, 2.75) is 38.3 Å². The van der Waals surface area contributed by atoms with Crippen LogP contribution in [0.15, 0.2) is 42.6 Å². The van der Waals surface area contributed by atoms with Crippen molar-refractivity contribution in [3.05, 3.63) is 48.3 Å². The largest absolute Gasteiger partial charge is 0.364 e. The van der Waals surface area contributed by atoms with Crippen molar-refractivity contribution in [2.24, 2.45) is 5.92 Å². The summed E-state index contributed by atoms with van der Waals surface area (Å²) in [5.41, 5.74) is 2.24. The van der Waals surface area contributed by atoms with E-state index in [9.17, 15) is 0 Å². The van der Waals surface area contributed by atoms with E-state index in [0.717, 1.165) is 41.7 Å². The second-order valence-corrected chi connectivity index (χ2v) is 7.97. The van der Waals surface area contributed by atoms with Crippen LogP contribution in [0.4, 0.5) is 11.8 Å². The maximum Gasteiger partial charge on any atom is 0.225 e. The second-order valence-electron chi connectivity index (χ2n) is 7.97. The summed E-state index contributed by atoms with van der Waals surface area (Å²) in [5.74, 6) is 2.47. The smallest absolute Gasteiger partial charge is 0.225 e. The maximum atomic E-state index is 4.78. The highest BCUT2D eigenvalue weighted by Gasteiger charge is 2.22. The highest BCUT2D eigenvalue weighted by atomic mass is 15.2. The molecule has 6 heteroatoms. The molecule has 1 saturated carbocycles. The summed E-state index contributed by atoms with van der Waals surface area (Å²) in [5, 5.41) is 8.27. The molecule has 0 aliphatic heterocycles. The predicted octanol–water partition coefficient (Wildman–Crippen LogP) is 3.78. The molecule has 6 nitrogen and oxygen atoms in total. The molecule has 0 radical (unpaired) electrons. The molecule has 2 aromatic heterocycles. The molecule has 0 bridgehead atoms. The first-order chi connectivity index (χ1) is 13.7. The van der Waals surface area contributed by atoms with E-state index in [4.69, 9.17) is 9.97 Å². The van der Waals surface area contributed by atoms with Crippen molar-refractivity contribution >= 4 is 22.7 Å². The molecule has 0 atom stereocenters. The Balaban J connectivity index is 1.32. The van der Waals surface area contributed by atoms with Gasteiger partial charge < -0.3 is 20.5 Å². The van der Waals surface area contributed by atoms with Crippen LogP contribution >= 0.6 is 0 Å². The molecule has 0 saturated heterocycles. The first kappa shape index (κ1) is 18.7. The first-order valence-electron chi connectivity index (χ1n) is 10.2. The minimum atomic E-state index is 0.454. The van der Waals surface area contributed by atoms with Crippen LogP contribution in [-0.4, -0.2) is 41.6 Å².